The third-order valence-electron chi connectivity index (χ3n) is 2.14. The Hall–Kier alpha value is -0.941. The number of benzene rings is 1. The summed E-state index contributed by atoms with van der Waals surface area (Å²) in [6.07, 6.45) is 0.742. The van der Waals surface area contributed by atoms with Crippen molar-refractivity contribution in [2.75, 3.05) is 0 Å². The Morgan fingerprint density at radius 1 is 1.35 bits per heavy atom. The molecule has 1 N–H and O–H groups in total. The van der Waals surface area contributed by atoms with Gasteiger partial charge in [0.15, 0.2) is 0 Å². The van der Waals surface area contributed by atoms with Crippen molar-refractivity contribution in [3.05, 3.63) is 30.3 Å². The summed E-state index contributed by atoms with van der Waals surface area (Å²) in [5, 5.41) is 9.55. The fourth-order valence-electron chi connectivity index (χ4n) is 1.28. The van der Waals surface area contributed by atoms with Gasteiger partial charge in [0.2, 0.25) is 0 Å². The van der Waals surface area contributed by atoms with E-state index in [1.165, 1.54) is 0 Å². The average Bonchev–Trinajstić information content (AvgIpc) is 2.29. The van der Waals surface area contributed by atoms with E-state index in [9.17, 15) is 8.94 Å². The van der Waals surface area contributed by atoms with Crippen molar-refractivity contribution in [3.63, 3.8) is 0 Å². The average molecular weight is 297 g/mol. The van der Waals surface area contributed by atoms with Gasteiger partial charge < -0.3 is 0 Å². The van der Waals surface area contributed by atoms with Gasteiger partial charge in [-0.25, -0.2) is 0 Å². The molecule has 92 valence electrons. The Bertz CT molecular complexity index is 435. The van der Waals surface area contributed by atoms with Gasteiger partial charge in [0.05, 0.1) is 0 Å². The Kier molecular flexibility index (Phi) is 5.08. The molecule has 2 nitrogen and oxygen atoms in total. The van der Waals surface area contributed by atoms with Crippen molar-refractivity contribution in [1.29, 1.82) is 0 Å². The van der Waals surface area contributed by atoms with Gasteiger partial charge in [0, 0.05) is 0 Å². The van der Waals surface area contributed by atoms with Crippen LogP contribution in [0.5, 0.6) is 0 Å². The maximum atomic E-state index is 12.3. The molecule has 1 rings (SSSR count). The van der Waals surface area contributed by atoms with E-state index in [1.54, 1.807) is 13.8 Å². The zero-order valence-electron chi connectivity index (χ0n) is 10.4. The molecule has 1 aromatic carbocycles. The molecule has 0 heterocycles. The first-order chi connectivity index (χ1) is 7.94. The van der Waals surface area contributed by atoms with Gasteiger partial charge in [-0.15, -0.1) is 0 Å². The Morgan fingerprint density at radius 3 is 2.41 bits per heavy atom. The van der Waals surface area contributed by atoms with E-state index in [0.29, 0.717) is 0 Å². The molecule has 0 aromatic heterocycles. The van der Waals surface area contributed by atoms with Crippen molar-refractivity contribution in [2.45, 2.75) is 37.6 Å². The third kappa shape index (κ3) is 4.83. The SMILES string of the molecule is CCC(C#CC(C)(C)O)[Se](=O)c1ccccc1. The first-order valence-corrected chi connectivity index (χ1v) is 8.19. The maximum absolute atomic E-state index is 12.3. The minimum atomic E-state index is -2.15. The zero-order valence-corrected chi connectivity index (χ0v) is 12.1. The molecule has 0 amide bonds. The topological polar surface area (TPSA) is 37.3 Å². The van der Waals surface area contributed by atoms with Gasteiger partial charge in [0.25, 0.3) is 0 Å². The van der Waals surface area contributed by atoms with Crippen molar-refractivity contribution in [1.82, 2.24) is 0 Å². The van der Waals surface area contributed by atoms with Crippen LogP contribution in [0.1, 0.15) is 27.2 Å². The Balaban J connectivity index is 2.89. The molecule has 1 aromatic rings. The van der Waals surface area contributed by atoms with Crippen LogP contribution in [-0.4, -0.2) is 24.5 Å². The van der Waals surface area contributed by atoms with Gasteiger partial charge >= 0.3 is 107 Å². The van der Waals surface area contributed by atoms with E-state index < -0.39 is 19.4 Å². The summed E-state index contributed by atoms with van der Waals surface area (Å²) < 4.78 is 13.2. The second kappa shape index (κ2) is 6.12. The van der Waals surface area contributed by atoms with E-state index in [1.807, 2.05) is 37.3 Å². The number of hydrogen-bond acceptors (Lipinski definition) is 2. The molecule has 0 aliphatic carbocycles. The predicted molar refractivity (Wildman–Crippen MR) is 70.6 cm³/mol. The second-order valence-corrected chi connectivity index (χ2v) is 7.77. The van der Waals surface area contributed by atoms with Gasteiger partial charge in [-0.05, 0) is 0 Å². The van der Waals surface area contributed by atoms with Crippen molar-refractivity contribution >= 4 is 18.3 Å². The normalized spacial score (nSPS) is 14.6. The number of aliphatic hydroxyl groups is 1. The zero-order chi connectivity index (χ0) is 12.9. The molecule has 17 heavy (non-hydrogen) atoms. The van der Waals surface area contributed by atoms with E-state index in [2.05, 4.69) is 11.8 Å². The summed E-state index contributed by atoms with van der Waals surface area (Å²) in [5.41, 5.74) is -1.02. The van der Waals surface area contributed by atoms with E-state index >= 15 is 0 Å². The minimum absolute atomic E-state index is 0.135. The fraction of sp³-hybridized carbons (Fsp3) is 0.429. The van der Waals surface area contributed by atoms with Gasteiger partial charge in [-0.3, -0.25) is 0 Å². The van der Waals surface area contributed by atoms with Crippen LogP contribution in [0.15, 0.2) is 30.3 Å². The second-order valence-electron chi connectivity index (χ2n) is 4.34. The monoisotopic (exact) mass is 298 g/mol. The van der Waals surface area contributed by atoms with Crippen molar-refractivity contribution in [2.24, 2.45) is 0 Å². The molecule has 3 heteroatoms. The van der Waals surface area contributed by atoms with E-state index in [-0.39, 0.29) is 4.82 Å². The summed E-state index contributed by atoms with van der Waals surface area (Å²) >= 11 is -2.15. The molecule has 0 bridgehead atoms. The van der Waals surface area contributed by atoms with Crippen molar-refractivity contribution < 1.29 is 8.94 Å². The van der Waals surface area contributed by atoms with Crippen LogP contribution in [0.4, 0.5) is 0 Å². The summed E-state index contributed by atoms with van der Waals surface area (Å²) in [6.45, 7) is 5.24. The van der Waals surface area contributed by atoms with E-state index in [0.717, 1.165) is 10.9 Å². The molecule has 2 atom stereocenters. The van der Waals surface area contributed by atoms with Crippen LogP contribution in [0, 0.1) is 11.8 Å². The fourth-order valence-corrected chi connectivity index (χ4v) is 3.85. The molecule has 0 saturated carbocycles. The van der Waals surface area contributed by atoms with Gasteiger partial charge in [-0.1, -0.05) is 0 Å². The molecule has 0 saturated heterocycles. The van der Waals surface area contributed by atoms with Crippen LogP contribution in [0.3, 0.4) is 0 Å². The standard InChI is InChI=1S/C14H18O2Se/c1-4-12(10-11-14(2,3)15)17(16)13-8-6-5-7-9-13/h5-9,12,15H,4H2,1-3H3. The molecular formula is C14H18O2Se. The third-order valence-corrected chi connectivity index (χ3v) is 5.72. The first kappa shape index (κ1) is 14.1. The van der Waals surface area contributed by atoms with Gasteiger partial charge in [-0.2, -0.15) is 0 Å². The number of hydrogen-bond donors (Lipinski definition) is 1. The summed E-state index contributed by atoms with van der Waals surface area (Å²) in [6, 6.07) is 9.45. The first-order valence-electron chi connectivity index (χ1n) is 5.64. The molecule has 0 aliphatic heterocycles. The predicted octanol–water partition coefficient (Wildman–Crippen LogP) is 1.87. The summed E-state index contributed by atoms with van der Waals surface area (Å²) in [4.78, 5) is -0.135. The number of rotatable bonds is 3. The van der Waals surface area contributed by atoms with Crippen LogP contribution < -0.4 is 4.46 Å². The van der Waals surface area contributed by atoms with Crippen LogP contribution in [0.25, 0.3) is 0 Å². The molecule has 0 spiro atoms. The molecule has 0 radical (unpaired) electrons. The summed E-state index contributed by atoms with van der Waals surface area (Å²) in [7, 11) is 0. The molecule has 2 unspecified atom stereocenters. The van der Waals surface area contributed by atoms with Crippen LogP contribution in [0.2, 0.25) is 4.82 Å². The molecule has 0 fully saturated rings. The Morgan fingerprint density at radius 2 is 1.94 bits per heavy atom. The van der Waals surface area contributed by atoms with Gasteiger partial charge in [0.1, 0.15) is 0 Å². The van der Waals surface area contributed by atoms with Crippen LogP contribution >= 0.6 is 0 Å². The van der Waals surface area contributed by atoms with E-state index in [4.69, 9.17) is 0 Å². The Labute approximate surface area is 107 Å². The quantitative estimate of drug-likeness (QED) is 0.683. The molecular weight excluding hydrogens is 279 g/mol. The summed E-state index contributed by atoms with van der Waals surface area (Å²) in [5.74, 6) is 5.71. The molecule has 0 aliphatic rings. The van der Waals surface area contributed by atoms with Crippen molar-refractivity contribution in [3.8, 4) is 11.8 Å². The van der Waals surface area contributed by atoms with Crippen LogP contribution in [-0.2, 0) is 3.83 Å².